The molecule has 27 heavy (non-hydrogen) atoms. The molecule has 7 nitrogen and oxygen atoms in total. The van der Waals surface area contributed by atoms with Gasteiger partial charge in [-0.3, -0.25) is 4.57 Å². The van der Waals surface area contributed by atoms with Crippen molar-refractivity contribution in [3.63, 3.8) is 0 Å². The Labute approximate surface area is 156 Å². The van der Waals surface area contributed by atoms with Gasteiger partial charge in [-0.1, -0.05) is 12.8 Å². The lowest BCUT2D eigenvalue weighted by Crippen LogP contribution is -2.15. The average Bonchev–Trinajstić information content (AvgIpc) is 3.43. The SMILES string of the molecule is Cc1cc(-c2cc(NC3CCCC3)nc3[nH]ccc23)cnc1-n1cnnc1. The van der Waals surface area contributed by atoms with E-state index in [1.807, 2.05) is 17.0 Å². The molecule has 0 saturated heterocycles. The summed E-state index contributed by atoms with van der Waals surface area (Å²) in [6.45, 7) is 2.05. The second-order valence-corrected chi connectivity index (χ2v) is 7.15. The molecule has 0 amide bonds. The van der Waals surface area contributed by atoms with Crippen LogP contribution < -0.4 is 5.32 Å². The van der Waals surface area contributed by atoms with Gasteiger partial charge in [-0.05, 0) is 49.1 Å². The van der Waals surface area contributed by atoms with Crippen molar-refractivity contribution in [2.45, 2.75) is 38.6 Å². The molecule has 1 fully saturated rings. The van der Waals surface area contributed by atoms with Gasteiger partial charge in [0.1, 0.15) is 29.9 Å². The van der Waals surface area contributed by atoms with Crippen LogP contribution in [0.1, 0.15) is 31.2 Å². The van der Waals surface area contributed by atoms with Gasteiger partial charge in [0.05, 0.1) is 0 Å². The van der Waals surface area contributed by atoms with Crippen LogP contribution in [0, 0.1) is 6.92 Å². The summed E-state index contributed by atoms with van der Waals surface area (Å²) in [6.07, 6.45) is 12.2. The van der Waals surface area contributed by atoms with E-state index in [9.17, 15) is 0 Å². The summed E-state index contributed by atoms with van der Waals surface area (Å²) in [5.41, 5.74) is 4.17. The van der Waals surface area contributed by atoms with Gasteiger partial charge in [-0.25, -0.2) is 9.97 Å². The summed E-state index contributed by atoms with van der Waals surface area (Å²) in [4.78, 5) is 12.7. The van der Waals surface area contributed by atoms with Gasteiger partial charge in [0.15, 0.2) is 0 Å². The first kappa shape index (κ1) is 16.0. The number of rotatable bonds is 4. The maximum Gasteiger partial charge on any atom is 0.142 e. The quantitative estimate of drug-likeness (QED) is 0.578. The maximum atomic E-state index is 4.76. The van der Waals surface area contributed by atoms with Crippen LogP contribution in [0.15, 0.2) is 43.2 Å². The van der Waals surface area contributed by atoms with Crippen molar-refractivity contribution in [2.75, 3.05) is 5.32 Å². The van der Waals surface area contributed by atoms with Gasteiger partial charge in [0, 0.05) is 29.4 Å². The molecule has 1 aliphatic carbocycles. The normalized spacial score (nSPS) is 14.9. The Bertz CT molecular complexity index is 1080. The van der Waals surface area contributed by atoms with Crippen LogP contribution in [0.2, 0.25) is 0 Å². The Morgan fingerprint density at radius 1 is 1.15 bits per heavy atom. The zero-order valence-electron chi connectivity index (χ0n) is 15.2. The fourth-order valence-electron chi connectivity index (χ4n) is 3.92. The fourth-order valence-corrected chi connectivity index (χ4v) is 3.92. The molecule has 7 heteroatoms. The minimum atomic E-state index is 0.522. The Morgan fingerprint density at radius 2 is 1.96 bits per heavy atom. The van der Waals surface area contributed by atoms with Crippen LogP contribution in [0.5, 0.6) is 0 Å². The predicted octanol–water partition coefficient (Wildman–Crippen LogP) is 3.87. The van der Waals surface area contributed by atoms with E-state index >= 15 is 0 Å². The number of aryl methyl sites for hydroxylation is 1. The number of H-pyrrole nitrogens is 1. The van der Waals surface area contributed by atoms with Crippen molar-refractivity contribution in [2.24, 2.45) is 0 Å². The van der Waals surface area contributed by atoms with Gasteiger partial charge in [0.25, 0.3) is 0 Å². The van der Waals surface area contributed by atoms with Crippen LogP contribution in [-0.2, 0) is 0 Å². The van der Waals surface area contributed by atoms with E-state index in [0.717, 1.165) is 39.4 Å². The first-order chi connectivity index (χ1) is 13.3. The van der Waals surface area contributed by atoms with Crippen molar-refractivity contribution in [1.29, 1.82) is 0 Å². The van der Waals surface area contributed by atoms with Gasteiger partial charge >= 0.3 is 0 Å². The molecule has 0 spiro atoms. The standard InChI is InChI=1S/C20H21N7/c1-13-8-14(10-22-20(13)27-11-23-24-12-27)17-9-18(25-15-4-2-3-5-15)26-19-16(17)6-7-21-19/h6-12,15H,2-5H2,1H3,(H2,21,25,26). The summed E-state index contributed by atoms with van der Waals surface area (Å²) in [5, 5.41) is 12.4. The largest absolute Gasteiger partial charge is 0.367 e. The Hall–Kier alpha value is -3.22. The minimum absolute atomic E-state index is 0.522. The van der Waals surface area contributed by atoms with E-state index in [2.05, 4.69) is 50.6 Å². The lowest BCUT2D eigenvalue weighted by atomic mass is 10.0. The second kappa shape index (κ2) is 6.50. The van der Waals surface area contributed by atoms with Gasteiger partial charge < -0.3 is 10.3 Å². The maximum absolute atomic E-state index is 4.76. The first-order valence-electron chi connectivity index (χ1n) is 9.34. The molecule has 0 unspecified atom stereocenters. The van der Waals surface area contributed by atoms with E-state index in [1.54, 1.807) is 12.7 Å². The van der Waals surface area contributed by atoms with Crippen molar-refractivity contribution in [3.8, 4) is 16.9 Å². The highest BCUT2D eigenvalue weighted by atomic mass is 15.2. The van der Waals surface area contributed by atoms with E-state index in [0.29, 0.717) is 6.04 Å². The molecule has 1 aliphatic rings. The molecular weight excluding hydrogens is 338 g/mol. The number of pyridine rings is 2. The third kappa shape index (κ3) is 2.95. The molecule has 4 aromatic heterocycles. The molecule has 0 aliphatic heterocycles. The third-order valence-electron chi connectivity index (χ3n) is 5.26. The lowest BCUT2D eigenvalue weighted by molar-refractivity contribution is 0.751. The Balaban J connectivity index is 1.57. The van der Waals surface area contributed by atoms with Crippen LogP contribution in [0.25, 0.3) is 28.0 Å². The van der Waals surface area contributed by atoms with E-state index in [1.165, 1.54) is 25.7 Å². The number of anilines is 1. The molecule has 5 rings (SSSR count). The van der Waals surface area contributed by atoms with Crippen LogP contribution >= 0.6 is 0 Å². The highest BCUT2D eigenvalue weighted by Crippen LogP contribution is 2.32. The number of aromatic nitrogens is 6. The van der Waals surface area contributed by atoms with Gasteiger partial charge in [-0.15, -0.1) is 10.2 Å². The molecule has 2 N–H and O–H groups in total. The van der Waals surface area contributed by atoms with Crippen LogP contribution in [-0.4, -0.2) is 35.8 Å². The van der Waals surface area contributed by atoms with Gasteiger partial charge in [0.2, 0.25) is 0 Å². The number of aromatic amines is 1. The van der Waals surface area contributed by atoms with Crippen LogP contribution in [0.4, 0.5) is 5.82 Å². The summed E-state index contributed by atoms with van der Waals surface area (Å²) in [5.74, 6) is 1.76. The van der Waals surface area contributed by atoms with E-state index in [-0.39, 0.29) is 0 Å². The molecule has 136 valence electrons. The zero-order chi connectivity index (χ0) is 18.2. The topological polar surface area (TPSA) is 84.3 Å². The smallest absolute Gasteiger partial charge is 0.142 e. The van der Waals surface area contributed by atoms with E-state index in [4.69, 9.17) is 4.98 Å². The Morgan fingerprint density at radius 3 is 2.74 bits per heavy atom. The number of hydrogen-bond acceptors (Lipinski definition) is 5. The van der Waals surface area contributed by atoms with Gasteiger partial charge in [-0.2, -0.15) is 0 Å². The Kier molecular flexibility index (Phi) is 3.85. The summed E-state index contributed by atoms with van der Waals surface area (Å²) in [7, 11) is 0. The summed E-state index contributed by atoms with van der Waals surface area (Å²) >= 11 is 0. The molecule has 4 heterocycles. The number of nitrogens with one attached hydrogen (secondary N) is 2. The highest BCUT2D eigenvalue weighted by molar-refractivity contribution is 5.94. The summed E-state index contributed by atoms with van der Waals surface area (Å²) in [6, 6.07) is 6.89. The van der Waals surface area contributed by atoms with Crippen molar-refractivity contribution in [3.05, 3.63) is 48.8 Å². The van der Waals surface area contributed by atoms with Crippen molar-refractivity contribution >= 4 is 16.9 Å². The zero-order valence-corrected chi connectivity index (χ0v) is 15.2. The van der Waals surface area contributed by atoms with E-state index < -0.39 is 0 Å². The predicted molar refractivity (Wildman–Crippen MR) is 105 cm³/mol. The molecule has 0 radical (unpaired) electrons. The molecule has 0 bridgehead atoms. The number of nitrogens with zero attached hydrogens (tertiary/aromatic N) is 5. The molecule has 0 aromatic carbocycles. The summed E-state index contributed by atoms with van der Waals surface area (Å²) < 4.78 is 1.82. The number of fused-ring (bicyclic) bond motifs is 1. The minimum Gasteiger partial charge on any atom is -0.367 e. The number of hydrogen-bond donors (Lipinski definition) is 2. The second-order valence-electron chi connectivity index (χ2n) is 7.15. The average molecular weight is 359 g/mol. The van der Waals surface area contributed by atoms with Crippen molar-refractivity contribution in [1.82, 2.24) is 29.7 Å². The monoisotopic (exact) mass is 359 g/mol. The first-order valence-corrected chi connectivity index (χ1v) is 9.34. The molecule has 1 saturated carbocycles. The fraction of sp³-hybridized carbons (Fsp3) is 0.300. The molecule has 0 atom stereocenters. The molecule has 4 aromatic rings. The highest BCUT2D eigenvalue weighted by Gasteiger charge is 2.17. The molecular formula is C20H21N7. The third-order valence-corrected chi connectivity index (χ3v) is 5.26. The van der Waals surface area contributed by atoms with Crippen molar-refractivity contribution < 1.29 is 0 Å². The van der Waals surface area contributed by atoms with Crippen LogP contribution in [0.3, 0.4) is 0 Å². The lowest BCUT2D eigenvalue weighted by Gasteiger charge is -2.15.